The number of rotatable bonds is 4. The predicted molar refractivity (Wildman–Crippen MR) is 87.1 cm³/mol. The van der Waals surface area contributed by atoms with E-state index in [0.29, 0.717) is 6.61 Å². The van der Waals surface area contributed by atoms with E-state index in [1.165, 1.54) is 11.1 Å². The molecular formula is C18H19CuN2O. The zero-order valence-electron chi connectivity index (χ0n) is 12.9. The molecule has 2 aromatic carbocycles. The Bertz CT molecular complexity index is 763. The van der Waals surface area contributed by atoms with Crippen molar-refractivity contribution in [1.29, 1.82) is 0 Å². The number of hydrogen-bond donors (Lipinski definition) is 1. The van der Waals surface area contributed by atoms with Crippen LogP contribution in [-0.4, -0.2) is 7.05 Å². The number of aryl methyl sites for hydroxylation is 2. The van der Waals surface area contributed by atoms with Gasteiger partial charge in [0.1, 0.15) is 12.4 Å². The molecule has 0 spiro atoms. The third-order valence-electron chi connectivity index (χ3n) is 3.68. The predicted octanol–water partition coefficient (Wildman–Crippen LogP) is 4.03. The standard InChI is InChI=1S/C18H19N2O.Cu/c1-12-7-9-14(10-8-12)11-21-16-6-4-5-15-13(2)20-18(19-3)17(15)16;/h4-10,19H,11H2,1-3H3;/q-1;+1. The molecule has 0 aliphatic rings. The number of nitrogens with zero attached hydrogens (tertiary/aromatic N) is 1. The van der Waals surface area contributed by atoms with Crippen LogP contribution in [-0.2, 0) is 23.7 Å². The van der Waals surface area contributed by atoms with Crippen molar-refractivity contribution in [2.24, 2.45) is 0 Å². The number of hydrogen-bond acceptors (Lipinski definition) is 2. The van der Waals surface area contributed by atoms with E-state index < -0.39 is 0 Å². The molecule has 0 unspecified atom stereocenters. The first-order chi connectivity index (χ1) is 10.2. The van der Waals surface area contributed by atoms with Gasteiger partial charge in [-0.05, 0) is 30.9 Å². The third-order valence-corrected chi connectivity index (χ3v) is 3.68. The number of nitrogens with one attached hydrogen (secondary N) is 1. The van der Waals surface area contributed by atoms with Gasteiger partial charge in [-0.1, -0.05) is 60.5 Å². The molecule has 1 aromatic heterocycles. The van der Waals surface area contributed by atoms with Gasteiger partial charge in [-0.15, -0.1) is 0 Å². The SMILES string of the molecule is CNc1[n-]c(C)c2cccc(OCc3ccc(C)cc3)c12.[Cu+]. The minimum absolute atomic E-state index is 0. The van der Waals surface area contributed by atoms with Gasteiger partial charge in [0, 0.05) is 5.39 Å². The molecule has 0 amide bonds. The van der Waals surface area contributed by atoms with Crippen molar-refractivity contribution in [2.75, 3.05) is 12.4 Å². The van der Waals surface area contributed by atoms with Gasteiger partial charge in [0.15, 0.2) is 0 Å². The zero-order chi connectivity index (χ0) is 14.8. The number of benzene rings is 2. The van der Waals surface area contributed by atoms with Crippen molar-refractivity contribution in [2.45, 2.75) is 20.5 Å². The summed E-state index contributed by atoms with van der Waals surface area (Å²) in [7, 11) is 1.89. The summed E-state index contributed by atoms with van der Waals surface area (Å²) in [5.41, 5.74) is 3.45. The monoisotopic (exact) mass is 342 g/mol. The van der Waals surface area contributed by atoms with Gasteiger partial charge in [-0.2, -0.15) is 0 Å². The van der Waals surface area contributed by atoms with E-state index in [1.807, 2.05) is 26.1 Å². The van der Waals surface area contributed by atoms with E-state index in [2.05, 4.69) is 47.6 Å². The van der Waals surface area contributed by atoms with Crippen LogP contribution in [0.2, 0.25) is 0 Å². The second-order valence-corrected chi connectivity index (χ2v) is 5.25. The van der Waals surface area contributed by atoms with Crippen LogP contribution in [0.4, 0.5) is 5.82 Å². The Hall–Kier alpha value is -1.90. The molecule has 0 atom stereocenters. The Morgan fingerprint density at radius 2 is 1.77 bits per heavy atom. The molecule has 0 bridgehead atoms. The van der Waals surface area contributed by atoms with Crippen molar-refractivity contribution >= 4 is 16.6 Å². The second-order valence-electron chi connectivity index (χ2n) is 5.25. The summed E-state index contributed by atoms with van der Waals surface area (Å²) in [6.45, 7) is 4.67. The van der Waals surface area contributed by atoms with Gasteiger partial charge in [-0.25, -0.2) is 0 Å². The fourth-order valence-corrected chi connectivity index (χ4v) is 2.51. The van der Waals surface area contributed by atoms with Crippen LogP contribution in [0.3, 0.4) is 0 Å². The third kappa shape index (κ3) is 3.13. The van der Waals surface area contributed by atoms with Crippen molar-refractivity contribution in [3.05, 3.63) is 59.3 Å². The number of aromatic nitrogens is 1. The smallest absolute Gasteiger partial charge is 0.488 e. The summed E-state index contributed by atoms with van der Waals surface area (Å²) in [4.78, 5) is 4.54. The topological polar surface area (TPSA) is 35.4 Å². The minimum atomic E-state index is 0. The molecule has 0 fully saturated rings. The Morgan fingerprint density at radius 1 is 1.05 bits per heavy atom. The molecule has 0 saturated carbocycles. The van der Waals surface area contributed by atoms with E-state index in [1.54, 1.807) is 0 Å². The Kier molecular flexibility index (Phi) is 5.17. The molecule has 0 aliphatic carbocycles. The van der Waals surface area contributed by atoms with Crippen LogP contribution in [0.1, 0.15) is 16.8 Å². The molecule has 4 heteroatoms. The average molecular weight is 343 g/mol. The summed E-state index contributed by atoms with van der Waals surface area (Å²) in [5.74, 6) is 1.75. The maximum Gasteiger partial charge on any atom is 1.00 e. The van der Waals surface area contributed by atoms with Crippen molar-refractivity contribution in [3.63, 3.8) is 0 Å². The zero-order valence-corrected chi connectivity index (χ0v) is 13.8. The molecule has 118 valence electrons. The first-order valence-corrected chi connectivity index (χ1v) is 7.11. The molecule has 0 radical (unpaired) electrons. The first kappa shape index (κ1) is 16.5. The number of fused-ring (bicyclic) bond motifs is 1. The van der Waals surface area contributed by atoms with Crippen LogP contribution < -0.4 is 15.0 Å². The Morgan fingerprint density at radius 3 is 2.45 bits per heavy atom. The van der Waals surface area contributed by atoms with Crippen LogP contribution in [0.15, 0.2) is 42.5 Å². The van der Waals surface area contributed by atoms with E-state index in [-0.39, 0.29) is 17.1 Å². The van der Waals surface area contributed by atoms with Crippen molar-refractivity contribution in [1.82, 2.24) is 4.98 Å². The van der Waals surface area contributed by atoms with Gasteiger partial charge in [0.25, 0.3) is 0 Å². The number of anilines is 1. The summed E-state index contributed by atoms with van der Waals surface area (Å²) >= 11 is 0. The normalized spacial score (nSPS) is 10.3. The van der Waals surface area contributed by atoms with E-state index in [9.17, 15) is 0 Å². The van der Waals surface area contributed by atoms with Gasteiger partial charge in [0.2, 0.25) is 0 Å². The fourth-order valence-electron chi connectivity index (χ4n) is 2.51. The van der Waals surface area contributed by atoms with E-state index in [0.717, 1.165) is 28.0 Å². The van der Waals surface area contributed by atoms with Gasteiger partial charge in [-0.3, -0.25) is 0 Å². The van der Waals surface area contributed by atoms with Gasteiger partial charge >= 0.3 is 17.1 Å². The molecule has 3 rings (SSSR count). The molecule has 3 aromatic rings. The second kappa shape index (κ2) is 6.91. The molecule has 1 N–H and O–H groups in total. The summed E-state index contributed by atoms with van der Waals surface area (Å²) in [6.07, 6.45) is 0. The molecule has 1 heterocycles. The quantitative estimate of drug-likeness (QED) is 0.727. The first-order valence-electron chi connectivity index (χ1n) is 7.11. The van der Waals surface area contributed by atoms with E-state index in [4.69, 9.17) is 4.74 Å². The fraction of sp³-hybridized carbons (Fsp3) is 0.222. The van der Waals surface area contributed by atoms with E-state index >= 15 is 0 Å². The Labute approximate surface area is 141 Å². The summed E-state index contributed by atoms with van der Waals surface area (Å²) in [5, 5.41) is 5.35. The molecular weight excluding hydrogens is 324 g/mol. The van der Waals surface area contributed by atoms with Gasteiger partial charge in [0.05, 0.1) is 0 Å². The largest absolute Gasteiger partial charge is 1.00 e. The van der Waals surface area contributed by atoms with Crippen LogP contribution in [0, 0.1) is 13.8 Å². The summed E-state index contributed by atoms with van der Waals surface area (Å²) in [6, 6.07) is 14.5. The molecule has 22 heavy (non-hydrogen) atoms. The maximum absolute atomic E-state index is 6.02. The van der Waals surface area contributed by atoms with Crippen LogP contribution >= 0.6 is 0 Å². The number of ether oxygens (including phenoxy) is 1. The van der Waals surface area contributed by atoms with Crippen molar-refractivity contribution in [3.8, 4) is 5.75 Å². The summed E-state index contributed by atoms with van der Waals surface area (Å²) < 4.78 is 6.02. The molecule has 0 aliphatic heterocycles. The average Bonchev–Trinajstić information content (AvgIpc) is 2.84. The van der Waals surface area contributed by atoms with Crippen molar-refractivity contribution < 1.29 is 21.8 Å². The molecule has 0 saturated heterocycles. The Balaban J connectivity index is 0.00000176. The van der Waals surface area contributed by atoms with Gasteiger partial charge < -0.3 is 15.0 Å². The van der Waals surface area contributed by atoms with Crippen LogP contribution in [0.25, 0.3) is 10.8 Å². The molecule has 3 nitrogen and oxygen atoms in total. The minimum Gasteiger partial charge on any atom is -0.488 e. The maximum atomic E-state index is 6.02. The van der Waals surface area contributed by atoms with Crippen LogP contribution in [0.5, 0.6) is 5.75 Å².